The van der Waals surface area contributed by atoms with E-state index >= 15 is 0 Å². The largest absolute Gasteiger partial charge is 0.478 e. The van der Waals surface area contributed by atoms with E-state index in [1.807, 2.05) is 0 Å². The summed E-state index contributed by atoms with van der Waals surface area (Å²) in [7, 11) is -3.85. The van der Waals surface area contributed by atoms with Gasteiger partial charge in [0.2, 0.25) is 0 Å². The normalized spacial score (nSPS) is 9.69. The van der Waals surface area contributed by atoms with Crippen molar-refractivity contribution in [3.63, 3.8) is 0 Å². The molecule has 78 valence electrons. The van der Waals surface area contributed by atoms with Crippen LogP contribution in [0.1, 0.15) is 6.42 Å². The average Bonchev–Trinajstić information content (AvgIpc) is 2.00. The third-order valence-corrected chi connectivity index (χ3v) is 1.54. The fourth-order valence-corrected chi connectivity index (χ4v) is 0.741. The van der Waals surface area contributed by atoms with Gasteiger partial charge in [-0.25, -0.2) is 4.79 Å². The number of rotatable bonds is 4. The van der Waals surface area contributed by atoms with Gasteiger partial charge in [-0.3, -0.25) is 4.55 Å². The number of aliphatic carboxylic acids is 1. The highest BCUT2D eigenvalue weighted by atomic mass is 32.2. The summed E-state index contributed by atoms with van der Waals surface area (Å²) in [5.41, 5.74) is 0. The maximum atomic E-state index is 9.83. The van der Waals surface area contributed by atoms with Crippen molar-refractivity contribution in [1.29, 1.82) is 0 Å². The fraction of sp³-hybridized carbons (Fsp3) is 0.500. The Labute approximate surface area is 76.3 Å². The molecule has 6 nitrogen and oxygen atoms in total. The summed E-state index contributed by atoms with van der Waals surface area (Å²) >= 11 is 0. The first kappa shape index (κ1) is 14.6. The number of hydrogen-bond donors (Lipinski definition) is 3. The van der Waals surface area contributed by atoms with Gasteiger partial charge in [0.15, 0.2) is 0 Å². The molecule has 0 aliphatic rings. The van der Waals surface area contributed by atoms with Crippen LogP contribution in [0.4, 0.5) is 0 Å². The topological polar surface area (TPSA) is 112 Å². The molecule has 0 unspecified atom stereocenters. The highest BCUT2D eigenvalue weighted by Gasteiger charge is 2.00. The van der Waals surface area contributed by atoms with E-state index in [1.54, 1.807) is 0 Å². The molecule has 0 rings (SSSR count). The molecule has 0 saturated heterocycles. The van der Waals surface area contributed by atoms with Gasteiger partial charge >= 0.3 is 5.97 Å². The third kappa shape index (κ3) is 24.7. The van der Waals surface area contributed by atoms with Crippen LogP contribution >= 0.6 is 0 Å². The molecule has 0 aliphatic carbocycles. The minimum atomic E-state index is -3.85. The van der Waals surface area contributed by atoms with E-state index in [-0.39, 0.29) is 18.8 Å². The summed E-state index contributed by atoms with van der Waals surface area (Å²) < 4.78 is 27.7. The van der Waals surface area contributed by atoms with Crippen LogP contribution in [0.3, 0.4) is 0 Å². The van der Waals surface area contributed by atoms with Gasteiger partial charge in [-0.1, -0.05) is 6.58 Å². The van der Waals surface area contributed by atoms with Crippen molar-refractivity contribution in [2.45, 2.75) is 6.42 Å². The fourth-order valence-electron chi connectivity index (χ4n) is 0.247. The third-order valence-electron chi connectivity index (χ3n) is 0.735. The van der Waals surface area contributed by atoms with Crippen molar-refractivity contribution < 1.29 is 28.0 Å². The predicted molar refractivity (Wildman–Crippen MR) is 46.0 cm³/mol. The molecule has 0 radical (unpaired) electrons. The molecule has 0 aromatic heterocycles. The molecular weight excluding hydrogens is 200 g/mol. The minimum Gasteiger partial charge on any atom is -0.478 e. The lowest BCUT2D eigenvalue weighted by Crippen LogP contribution is -2.04. The number of carboxylic acids is 1. The lowest BCUT2D eigenvalue weighted by atomic mass is 10.5. The Balaban J connectivity index is 0. The van der Waals surface area contributed by atoms with Crippen LogP contribution in [0.15, 0.2) is 12.7 Å². The van der Waals surface area contributed by atoms with Crippen LogP contribution in [-0.4, -0.2) is 41.5 Å². The lowest BCUT2D eigenvalue weighted by Gasteiger charge is -1.89. The Morgan fingerprint density at radius 3 is 1.92 bits per heavy atom. The Bertz CT molecular complexity index is 242. The molecule has 0 fully saturated rings. The zero-order chi connectivity index (χ0) is 10.9. The molecule has 0 atom stereocenters. The van der Waals surface area contributed by atoms with Gasteiger partial charge in [0.1, 0.15) is 0 Å². The molecule has 0 aromatic rings. The summed E-state index contributed by atoms with van der Waals surface area (Å²) in [6, 6.07) is 0. The van der Waals surface area contributed by atoms with Crippen molar-refractivity contribution in [1.82, 2.24) is 0 Å². The molecule has 0 saturated carbocycles. The Morgan fingerprint density at radius 1 is 1.46 bits per heavy atom. The summed E-state index contributed by atoms with van der Waals surface area (Å²) in [6.07, 6.45) is 0.929. The van der Waals surface area contributed by atoms with Gasteiger partial charge in [-0.2, -0.15) is 8.42 Å². The quantitative estimate of drug-likeness (QED) is 0.428. The second-order valence-electron chi connectivity index (χ2n) is 1.91. The zero-order valence-corrected chi connectivity index (χ0v) is 7.70. The van der Waals surface area contributed by atoms with Crippen LogP contribution in [0.5, 0.6) is 0 Å². The zero-order valence-electron chi connectivity index (χ0n) is 6.88. The molecule has 0 spiro atoms. The van der Waals surface area contributed by atoms with E-state index in [9.17, 15) is 13.2 Å². The van der Waals surface area contributed by atoms with E-state index in [4.69, 9.17) is 14.8 Å². The number of carboxylic acid groups (broad SMARTS) is 1. The second kappa shape index (κ2) is 7.71. The van der Waals surface area contributed by atoms with Gasteiger partial charge < -0.3 is 10.2 Å². The summed E-state index contributed by atoms with van der Waals surface area (Å²) in [5.74, 6) is -1.34. The maximum absolute atomic E-state index is 9.83. The maximum Gasteiger partial charge on any atom is 0.327 e. The van der Waals surface area contributed by atoms with Gasteiger partial charge in [0.25, 0.3) is 10.1 Å². The summed E-state index contributed by atoms with van der Waals surface area (Å²) in [4.78, 5) is 9.25. The van der Waals surface area contributed by atoms with Gasteiger partial charge in [-0.05, 0) is 6.42 Å². The Kier molecular flexibility index (Phi) is 8.66. The molecule has 0 aliphatic heterocycles. The highest BCUT2D eigenvalue weighted by molar-refractivity contribution is 7.85. The molecule has 0 heterocycles. The van der Waals surface area contributed by atoms with Crippen LogP contribution in [0.2, 0.25) is 0 Å². The molecule has 0 aromatic carbocycles. The predicted octanol–water partition coefficient (Wildman–Crippen LogP) is -0.486. The molecule has 0 amide bonds. The summed E-state index contributed by atoms with van der Waals surface area (Å²) in [6.45, 7) is 2.75. The van der Waals surface area contributed by atoms with Crippen molar-refractivity contribution in [2.75, 3.05) is 12.4 Å². The first-order chi connectivity index (χ1) is 5.83. The number of carbonyl (C=O) groups is 1. The van der Waals surface area contributed by atoms with E-state index in [1.165, 1.54) is 0 Å². The van der Waals surface area contributed by atoms with Crippen LogP contribution in [-0.2, 0) is 14.9 Å². The Hall–Kier alpha value is -0.920. The number of aliphatic hydroxyl groups excluding tert-OH is 1. The number of aliphatic hydroxyl groups is 1. The second-order valence-corrected chi connectivity index (χ2v) is 3.48. The standard InChI is InChI=1S/C3H8O4S.C3H4O2/c4-2-1-3-8(5,6)7;1-2-3(4)5/h4H,1-3H2,(H,5,6,7);2H,1H2,(H,4,5). The van der Waals surface area contributed by atoms with Gasteiger partial charge in [0, 0.05) is 12.7 Å². The van der Waals surface area contributed by atoms with E-state index in [2.05, 4.69) is 6.58 Å². The molecule has 7 heteroatoms. The van der Waals surface area contributed by atoms with Crippen molar-refractivity contribution in [3.8, 4) is 0 Å². The van der Waals surface area contributed by atoms with Crippen molar-refractivity contribution in [3.05, 3.63) is 12.7 Å². The van der Waals surface area contributed by atoms with Gasteiger partial charge in [-0.15, -0.1) is 0 Å². The molecule has 0 bridgehead atoms. The van der Waals surface area contributed by atoms with E-state index in [0.717, 1.165) is 6.08 Å². The van der Waals surface area contributed by atoms with Crippen molar-refractivity contribution in [2.24, 2.45) is 0 Å². The SMILES string of the molecule is C=CC(=O)O.O=S(=O)(O)CCCO. The first-order valence-corrected chi connectivity index (χ1v) is 4.85. The van der Waals surface area contributed by atoms with Gasteiger partial charge in [0.05, 0.1) is 5.75 Å². The highest BCUT2D eigenvalue weighted by Crippen LogP contribution is 1.84. The minimum absolute atomic E-state index is 0.0961. The summed E-state index contributed by atoms with van der Waals surface area (Å²) in [5, 5.41) is 15.7. The Morgan fingerprint density at radius 2 is 1.85 bits per heavy atom. The molecule has 3 N–H and O–H groups in total. The monoisotopic (exact) mass is 212 g/mol. The van der Waals surface area contributed by atoms with Crippen molar-refractivity contribution >= 4 is 16.1 Å². The van der Waals surface area contributed by atoms with Crippen LogP contribution < -0.4 is 0 Å². The average molecular weight is 212 g/mol. The van der Waals surface area contributed by atoms with E-state index < -0.39 is 16.1 Å². The lowest BCUT2D eigenvalue weighted by molar-refractivity contribution is -0.131. The molecule has 13 heavy (non-hydrogen) atoms. The first-order valence-electron chi connectivity index (χ1n) is 3.25. The van der Waals surface area contributed by atoms with Crippen LogP contribution in [0.25, 0.3) is 0 Å². The van der Waals surface area contributed by atoms with Crippen LogP contribution in [0, 0.1) is 0 Å². The smallest absolute Gasteiger partial charge is 0.327 e. The number of hydrogen-bond acceptors (Lipinski definition) is 4. The van der Waals surface area contributed by atoms with E-state index in [0.29, 0.717) is 0 Å². The molecular formula is C6H12O6S.